The van der Waals surface area contributed by atoms with E-state index in [9.17, 15) is 13.2 Å². The van der Waals surface area contributed by atoms with Gasteiger partial charge >= 0.3 is 0 Å². The van der Waals surface area contributed by atoms with Crippen molar-refractivity contribution in [1.82, 2.24) is 20.6 Å². The van der Waals surface area contributed by atoms with E-state index >= 15 is 0 Å². The third kappa shape index (κ3) is 5.44. The molecule has 0 saturated carbocycles. The molecule has 1 amide bonds. The zero-order chi connectivity index (χ0) is 23.0. The molecular weight excluding hydrogens is 430 g/mol. The fourth-order valence-electron chi connectivity index (χ4n) is 2.62. The van der Waals surface area contributed by atoms with Gasteiger partial charge in [-0.2, -0.15) is 5.26 Å². The maximum absolute atomic E-state index is 12.8. The molecule has 0 spiro atoms. The van der Waals surface area contributed by atoms with Crippen LogP contribution in [0, 0.1) is 11.5 Å². The number of anilines is 1. The predicted octanol–water partition coefficient (Wildman–Crippen LogP) is 1.71. The maximum atomic E-state index is 12.8. The summed E-state index contributed by atoms with van der Waals surface area (Å²) in [7, 11) is -2.32. The smallest absolute Gasteiger partial charge is 0.269 e. The van der Waals surface area contributed by atoms with Crippen molar-refractivity contribution in [1.29, 1.82) is 5.26 Å². The number of aliphatic imine (C=N–C) groups is 1. The fourth-order valence-corrected chi connectivity index (χ4v) is 3.82. The molecule has 0 aliphatic rings. The van der Waals surface area contributed by atoms with E-state index in [-0.39, 0.29) is 28.0 Å². The van der Waals surface area contributed by atoms with Gasteiger partial charge < -0.3 is 10.6 Å². The van der Waals surface area contributed by atoms with Gasteiger partial charge in [-0.15, -0.1) is 0 Å². The zero-order valence-corrected chi connectivity index (χ0v) is 17.8. The van der Waals surface area contributed by atoms with Crippen LogP contribution >= 0.6 is 0 Å². The Labute approximate surface area is 185 Å². The number of pyridine rings is 2. The summed E-state index contributed by atoms with van der Waals surface area (Å²) in [4.78, 5) is 23.8. The van der Waals surface area contributed by atoms with Gasteiger partial charge in [-0.3, -0.25) is 15.1 Å². The van der Waals surface area contributed by atoms with Crippen LogP contribution < -0.4 is 16.0 Å². The Morgan fingerprint density at radius 1 is 1.06 bits per heavy atom. The minimum atomic E-state index is -3.79. The summed E-state index contributed by atoms with van der Waals surface area (Å²) in [6.45, 7) is 0.213. The van der Waals surface area contributed by atoms with Crippen LogP contribution in [0.4, 0.5) is 5.69 Å². The van der Waals surface area contributed by atoms with E-state index in [1.807, 2.05) is 6.19 Å². The molecule has 0 saturated heterocycles. The maximum Gasteiger partial charge on any atom is 0.269 e. The van der Waals surface area contributed by atoms with E-state index in [1.54, 1.807) is 36.7 Å². The van der Waals surface area contributed by atoms with E-state index in [1.165, 1.54) is 31.3 Å². The molecule has 0 aliphatic carbocycles. The van der Waals surface area contributed by atoms with Crippen molar-refractivity contribution in [3.05, 3.63) is 78.4 Å². The van der Waals surface area contributed by atoms with Crippen LogP contribution in [-0.4, -0.2) is 37.3 Å². The van der Waals surface area contributed by atoms with Crippen molar-refractivity contribution >= 4 is 27.4 Å². The number of sulfone groups is 1. The summed E-state index contributed by atoms with van der Waals surface area (Å²) < 4.78 is 25.6. The average molecular weight is 449 g/mol. The zero-order valence-electron chi connectivity index (χ0n) is 17.0. The second-order valence-electron chi connectivity index (χ2n) is 6.37. The highest BCUT2D eigenvalue weighted by molar-refractivity contribution is 7.91. The number of rotatable bonds is 6. The monoisotopic (exact) mass is 449 g/mol. The summed E-state index contributed by atoms with van der Waals surface area (Å²) in [5, 5.41) is 16.8. The van der Waals surface area contributed by atoms with Crippen LogP contribution in [0.5, 0.6) is 0 Å². The lowest BCUT2D eigenvalue weighted by atomic mass is 10.2. The minimum absolute atomic E-state index is 0.0158. The average Bonchev–Trinajstić information content (AvgIpc) is 2.83. The second-order valence-corrected chi connectivity index (χ2v) is 8.32. The van der Waals surface area contributed by atoms with E-state index in [4.69, 9.17) is 5.26 Å². The molecule has 10 nitrogen and oxygen atoms in total. The van der Waals surface area contributed by atoms with Gasteiger partial charge in [0.15, 0.2) is 6.19 Å². The van der Waals surface area contributed by atoms with Crippen LogP contribution in [0.15, 0.2) is 81.9 Å². The fraction of sp³-hybridized carbons (Fsp3) is 0.0952. The van der Waals surface area contributed by atoms with Crippen molar-refractivity contribution in [2.75, 3.05) is 12.4 Å². The summed E-state index contributed by atoms with van der Waals surface area (Å²) in [5.41, 5.74) is 1.58. The van der Waals surface area contributed by atoms with Gasteiger partial charge in [0.05, 0.1) is 16.3 Å². The molecule has 162 valence electrons. The molecule has 2 aromatic heterocycles. The van der Waals surface area contributed by atoms with Crippen molar-refractivity contribution in [2.24, 2.45) is 4.99 Å². The van der Waals surface area contributed by atoms with Gasteiger partial charge in [0.25, 0.3) is 5.91 Å². The molecule has 0 radical (unpaired) electrons. The summed E-state index contributed by atoms with van der Waals surface area (Å²) in [5.74, 6) is -0.153. The Balaban J connectivity index is 1.74. The number of nitrogens with zero attached hydrogens (tertiary/aromatic N) is 4. The molecule has 1 aromatic carbocycles. The first-order valence-electron chi connectivity index (χ1n) is 9.33. The predicted molar refractivity (Wildman–Crippen MR) is 117 cm³/mol. The van der Waals surface area contributed by atoms with Crippen LogP contribution in [0.3, 0.4) is 0 Å². The molecule has 3 N–H and O–H groups in total. The van der Waals surface area contributed by atoms with E-state index < -0.39 is 15.7 Å². The minimum Gasteiger partial charge on any atom is -0.354 e. The van der Waals surface area contributed by atoms with Crippen LogP contribution in [0.25, 0.3) is 0 Å². The Kier molecular flexibility index (Phi) is 7.09. The number of aromatic nitrogens is 2. The molecule has 0 fully saturated rings. The molecule has 0 atom stereocenters. The van der Waals surface area contributed by atoms with Gasteiger partial charge in [-0.25, -0.2) is 18.4 Å². The van der Waals surface area contributed by atoms with Crippen LogP contribution in [0.2, 0.25) is 0 Å². The van der Waals surface area contributed by atoms with E-state index in [0.717, 1.165) is 11.8 Å². The van der Waals surface area contributed by atoms with Crippen molar-refractivity contribution in [3.8, 4) is 6.19 Å². The van der Waals surface area contributed by atoms with Crippen molar-refractivity contribution < 1.29 is 13.2 Å². The topological polar surface area (TPSA) is 149 Å². The molecular formula is C21H19N7O3S. The normalized spacial score (nSPS) is 11.3. The van der Waals surface area contributed by atoms with Gasteiger partial charge in [0, 0.05) is 31.3 Å². The van der Waals surface area contributed by atoms with Gasteiger partial charge in [0.1, 0.15) is 5.69 Å². The van der Waals surface area contributed by atoms with Gasteiger partial charge in [0.2, 0.25) is 15.8 Å². The molecule has 0 aliphatic heterocycles. The molecule has 0 unspecified atom stereocenters. The highest BCUT2D eigenvalue weighted by Gasteiger charge is 2.18. The molecule has 3 rings (SSSR count). The molecule has 32 heavy (non-hydrogen) atoms. The third-order valence-electron chi connectivity index (χ3n) is 4.28. The third-order valence-corrected chi connectivity index (χ3v) is 6.03. The summed E-state index contributed by atoms with van der Waals surface area (Å²) >= 11 is 0. The van der Waals surface area contributed by atoms with Crippen LogP contribution in [-0.2, 0) is 16.4 Å². The number of nitriles is 1. The Morgan fingerprint density at radius 3 is 2.34 bits per heavy atom. The van der Waals surface area contributed by atoms with E-state index in [0.29, 0.717) is 5.69 Å². The second kappa shape index (κ2) is 10.1. The van der Waals surface area contributed by atoms with E-state index in [2.05, 4.69) is 30.9 Å². The highest BCUT2D eigenvalue weighted by atomic mass is 32.2. The summed E-state index contributed by atoms with van der Waals surface area (Å²) in [6, 6.07) is 12.4. The Hall–Kier alpha value is -4.30. The molecule has 11 heteroatoms. The number of benzene rings is 1. The Bertz CT molecular complexity index is 1250. The lowest BCUT2D eigenvalue weighted by molar-refractivity contribution is 0.0958. The Morgan fingerprint density at radius 2 is 1.75 bits per heavy atom. The number of amides is 1. The molecule has 3 aromatic rings. The number of nitrogens with one attached hydrogen (secondary N) is 3. The lowest BCUT2D eigenvalue weighted by Crippen LogP contribution is -2.26. The first kappa shape index (κ1) is 22.4. The van der Waals surface area contributed by atoms with Crippen molar-refractivity contribution in [3.63, 3.8) is 0 Å². The number of guanidine groups is 1. The quantitative estimate of drug-likeness (QED) is 0.223. The lowest BCUT2D eigenvalue weighted by Gasteiger charge is -2.08. The number of hydrogen-bond acceptors (Lipinski definition) is 7. The van der Waals surface area contributed by atoms with Gasteiger partial charge in [-0.05, 0) is 42.0 Å². The number of carbonyl (C=O) groups excluding carboxylic acids is 1. The van der Waals surface area contributed by atoms with Gasteiger partial charge in [-0.1, -0.05) is 12.1 Å². The standard InChI is InChI=1S/C21H19N7O3S/c1-23-20(29)19-7-6-18(13-25-19)32(30,31)17-4-2-15(3-5-17)12-26-21(27-14-22)28-16-8-10-24-11-9-16/h2-11,13H,12H2,1H3,(H,23,29)(H2,24,26,27,28). The summed E-state index contributed by atoms with van der Waals surface area (Å²) in [6.07, 6.45) is 6.18. The number of hydrogen-bond donors (Lipinski definition) is 3. The number of carbonyl (C=O) groups is 1. The van der Waals surface area contributed by atoms with Crippen molar-refractivity contribution in [2.45, 2.75) is 16.3 Å². The highest BCUT2D eigenvalue weighted by Crippen LogP contribution is 2.21. The van der Waals surface area contributed by atoms with Crippen LogP contribution in [0.1, 0.15) is 16.1 Å². The SMILES string of the molecule is CNC(=O)c1ccc(S(=O)(=O)c2ccc(CN=C(NC#N)Nc3ccncc3)cc2)cn1. The largest absolute Gasteiger partial charge is 0.354 e. The molecule has 2 heterocycles. The first-order chi connectivity index (χ1) is 15.4. The first-order valence-corrected chi connectivity index (χ1v) is 10.8. The molecule has 0 bridgehead atoms.